The Morgan fingerprint density at radius 1 is 0.854 bits per heavy atom. The Balaban J connectivity index is 1.37. The lowest BCUT2D eigenvalue weighted by Gasteiger charge is -2.06. The Morgan fingerprint density at radius 2 is 1.59 bits per heavy atom. The number of hydrogen-bond donors (Lipinski definition) is 2. The SMILES string of the molecule is O=C(O)CCCc1cn(CC(=O)O)c2c(C=Cc3ccc(OC/C=C/COc4cccc(F)c4F)cc3)cccc12. The molecular weight excluding hydrogens is 532 g/mol. The van der Waals surface area contributed by atoms with Crippen molar-refractivity contribution in [2.45, 2.75) is 25.8 Å². The molecule has 4 rings (SSSR count). The highest BCUT2D eigenvalue weighted by Gasteiger charge is 2.14. The summed E-state index contributed by atoms with van der Waals surface area (Å²) < 4.78 is 39.4. The molecule has 0 unspecified atom stereocenters. The van der Waals surface area contributed by atoms with Crippen LogP contribution in [-0.2, 0) is 22.6 Å². The summed E-state index contributed by atoms with van der Waals surface area (Å²) in [6, 6.07) is 16.9. The average Bonchev–Trinajstić information content (AvgIpc) is 3.29. The molecule has 0 fully saturated rings. The predicted molar refractivity (Wildman–Crippen MR) is 152 cm³/mol. The van der Waals surface area contributed by atoms with Gasteiger partial charge in [0, 0.05) is 18.0 Å². The van der Waals surface area contributed by atoms with E-state index in [1.54, 1.807) is 22.9 Å². The number of hydrogen-bond acceptors (Lipinski definition) is 4. The van der Waals surface area contributed by atoms with Crippen LogP contribution in [0.15, 0.2) is 79.0 Å². The number of nitrogens with zero attached hydrogens (tertiary/aromatic N) is 1. The highest BCUT2D eigenvalue weighted by atomic mass is 19.2. The van der Waals surface area contributed by atoms with Crippen molar-refractivity contribution in [3.63, 3.8) is 0 Å². The lowest BCUT2D eigenvalue weighted by Crippen LogP contribution is -2.07. The second-order valence-corrected chi connectivity index (χ2v) is 9.21. The first-order valence-corrected chi connectivity index (χ1v) is 13.0. The maximum absolute atomic E-state index is 13.6. The van der Waals surface area contributed by atoms with Crippen LogP contribution in [0.5, 0.6) is 11.5 Å². The molecule has 0 radical (unpaired) electrons. The van der Waals surface area contributed by atoms with Gasteiger partial charge in [0.05, 0.1) is 5.52 Å². The predicted octanol–water partition coefficient (Wildman–Crippen LogP) is 6.60. The van der Waals surface area contributed by atoms with Gasteiger partial charge in [0.25, 0.3) is 0 Å². The van der Waals surface area contributed by atoms with E-state index in [2.05, 4.69) is 0 Å². The monoisotopic (exact) mass is 561 g/mol. The number of rotatable bonds is 14. The maximum Gasteiger partial charge on any atom is 0.323 e. The van der Waals surface area contributed by atoms with Crippen LogP contribution in [0.2, 0.25) is 0 Å². The first-order valence-electron chi connectivity index (χ1n) is 13.0. The van der Waals surface area contributed by atoms with Crippen LogP contribution < -0.4 is 9.47 Å². The van der Waals surface area contributed by atoms with Gasteiger partial charge in [-0.15, -0.1) is 0 Å². The van der Waals surface area contributed by atoms with E-state index < -0.39 is 23.6 Å². The molecule has 4 aromatic rings. The molecule has 2 N–H and O–H groups in total. The van der Waals surface area contributed by atoms with Gasteiger partial charge in [0.1, 0.15) is 25.5 Å². The first-order chi connectivity index (χ1) is 19.8. The van der Waals surface area contributed by atoms with Crippen LogP contribution in [0.4, 0.5) is 8.78 Å². The van der Waals surface area contributed by atoms with Crippen molar-refractivity contribution in [1.29, 1.82) is 0 Å². The molecule has 0 amide bonds. The van der Waals surface area contributed by atoms with Crippen molar-refractivity contribution in [3.05, 3.63) is 107 Å². The smallest absolute Gasteiger partial charge is 0.323 e. The van der Waals surface area contributed by atoms with Gasteiger partial charge in [0.15, 0.2) is 11.6 Å². The second-order valence-electron chi connectivity index (χ2n) is 9.21. The number of aliphatic carboxylic acids is 2. The Kier molecular flexibility index (Phi) is 9.88. The molecule has 7 nitrogen and oxygen atoms in total. The summed E-state index contributed by atoms with van der Waals surface area (Å²) in [4.78, 5) is 22.4. The highest BCUT2D eigenvalue weighted by molar-refractivity contribution is 5.94. The zero-order chi connectivity index (χ0) is 29.2. The van der Waals surface area contributed by atoms with E-state index in [0.29, 0.717) is 18.6 Å². The van der Waals surface area contributed by atoms with Crippen molar-refractivity contribution < 1.29 is 38.1 Å². The van der Waals surface area contributed by atoms with Gasteiger partial charge in [0.2, 0.25) is 5.82 Å². The van der Waals surface area contributed by atoms with Crippen LogP contribution in [0, 0.1) is 11.6 Å². The van der Waals surface area contributed by atoms with Gasteiger partial charge in [-0.05, 0) is 65.9 Å². The van der Waals surface area contributed by atoms with Gasteiger partial charge in [-0.3, -0.25) is 9.59 Å². The quantitative estimate of drug-likeness (QED) is 0.133. The van der Waals surface area contributed by atoms with Crippen LogP contribution in [-0.4, -0.2) is 39.9 Å². The summed E-state index contributed by atoms with van der Waals surface area (Å²) in [5.41, 5.74) is 3.46. The molecule has 0 bridgehead atoms. The molecule has 0 aliphatic heterocycles. The molecule has 3 aromatic carbocycles. The third-order valence-corrected chi connectivity index (χ3v) is 6.25. The largest absolute Gasteiger partial charge is 0.490 e. The van der Waals surface area contributed by atoms with E-state index in [4.69, 9.17) is 14.6 Å². The lowest BCUT2D eigenvalue weighted by atomic mass is 10.0. The fourth-order valence-electron chi connectivity index (χ4n) is 4.37. The molecule has 212 valence electrons. The number of fused-ring (bicyclic) bond motifs is 1. The van der Waals surface area contributed by atoms with Crippen molar-refractivity contribution >= 4 is 35.0 Å². The third kappa shape index (κ3) is 8.04. The number of carboxylic acid groups (broad SMARTS) is 2. The average molecular weight is 562 g/mol. The van der Waals surface area contributed by atoms with E-state index in [-0.39, 0.29) is 31.9 Å². The molecule has 0 atom stereocenters. The molecule has 9 heteroatoms. The second kappa shape index (κ2) is 13.9. The van der Waals surface area contributed by atoms with E-state index in [1.165, 1.54) is 12.1 Å². The van der Waals surface area contributed by atoms with Gasteiger partial charge < -0.3 is 24.3 Å². The molecule has 1 heterocycles. The summed E-state index contributed by atoms with van der Waals surface area (Å²) in [6.07, 6.45) is 10.1. The van der Waals surface area contributed by atoms with Crippen LogP contribution in [0.3, 0.4) is 0 Å². The van der Waals surface area contributed by atoms with E-state index in [1.807, 2.05) is 54.6 Å². The fraction of sp³-hybridized carbons (Fsp3) is 0.188. The van der Waals surface area contributed by atoms with Crippen molar-refractivity contribution in [2.75, 3.05) is 13.2 Å². The highest BCUT2D eigenvalue weighted by Crippen LogP contribution is 2.28. The lowest BCUT2D eigenvalue weighted by molar-refractivity contribution is -0.138. The zero-order valence-corrected chi connectivity index (χ0v) is 22.1. The Hall–Kier alpha value is -4.92. The van der Waals surface area contributed by atoms with Crippen molar-refractivity contribution in [3.8, 4) is 11.5 Å². The van der Waals surface area contributed by atoms with E-state index in [0.717, 1.165) is 33.7 Å². The van der Waals surface area contributed by atoms with Crippen molar-refractivity contribution in [1.82, 2.24) is 4.57 Å². The molecule has 0 saturated heterocycles. The number of benzene rings is 3. The molecule has 0 aliphatic rings. The summed E-state index contributed by atoms with van der Waals surface area (Å²) in [5.74, 6) is -3.31. The number of para-hydroxylation sites is 1. The summed E-state index contributed by atoms with van der Waals surface area (Å²) in [7, 11) is 0. The minimum Gasteiger partial charge on any atom is -0.490 e. The zero-order valence-electron chi connectivity index (χ0n) is 22.1. The maximum atomic E-state index is 13.6. The number of aromatic nitrogens is 1. The summed E-state index contributed by atoms with van der Waals surface area (Å²) in [5, 5.41) is 19.3. The minimum atomic E-state index is -1.02. The first kappa shape index (κ1) is 29.1. The fourth-order valence-corrected chi connectivity index (χ4v) is 4.37. The van der Waals surface area contributed by atoms with Crippen LogP contribution in [0.1, 0.15) is 29.5 Å². The standard InChI is InChI=1S/C32H29F2NO6/c33-27-9-5-10-28(31(27)34)41-19-2-1-18-40-25-16-13-22(14-17-25)12-15-23-6-3-8-26-24(7-4-11-29(36)37)20-35(32(23)26)21-30(38)39/h1-3,5-6,8-10,12-17,20H,4,7,11,18-19,21H2,(H,36,37)(H,38,39)/b2-1+,15-12?. The Bertz CT molecular complexity index is 1570. The molecule has 1 aromatic heterocycles. The normalized spacial score (nSPS) is 11.5. The van der Waals surface area contributed by atoms with Crippen LogP contribution in [0.25, 0.3) is 23.1 Å². The topological polar surface area (TPSA) is 98.0 Å². The number of aryl methyl sites for hydroxylation is 1. The van der Waals surface area contributed by atoms with E-state index >= 15 is 0 Å². The number of carboxylic acids is 2. The Labute approximate surface area is 235 Å². The third-order valence-electron chi connectivity index (χ3n) is 6.25. The van der Waals surface area contributed by atoms with E-state index in [9.17, 15) is 23.5 Å². The van der Waals surface area contributed by atoms with Gasteiger partial charge >= 0.3 is 11.9 Å². The number of carbonyl (C=O) groups is 2. The molecule has 0 saturated carbocycles. The Morgan fingerprint density at radius 3 is 2.32 bits per heavy atom. The summed E-state index contributed by atoms with van der Waals surface area (Å²) >= 11 is 0. The molecule has 0 aliphatic carbocycles. The molecule has 41 heavy (non-hydrogen) atoms. The van der Waals surface area contributed by atoms with Crippen molar-refractivity contribution in [2.24, 2.45) is 0 Å². The van der Waals surface area contributed by atoms with Gasteiger partial charge in [-0.1, -0.05) is 48.6 Å². The number of ether oxygens (including phenoxy) is 2. The molecule has 0 spiro atoms. The van der Waals surface area contributed by atoms with Gasteiger partial charge in [-0.2, -0.15) is 4.39 Å². The summed E-state index contributed by atoms with van der Waals surface area (Å²) in [6.45, 7) is 0.135. The minimum absolute atomic E-state index is 0.0490. The number of halogens is 2. The molecular formula is C32H29F2NO6. The van der Waals surface area contributed by atoms with Crippen LogP contribution >= 0.6 is 0 Å². The van der Waals surface area contributed by atoms with Gasteiger partial charge in [-0.25, -0.2) is 4.39 Å².